The van der Waals surface area contributed by atoms with E-state index in [1.54, 1.807) is 7.11 Å². The number of anilines is 1. The van der Waals surface area contributed by atoms with Gasteiger partial charge in [0.05, 0.1) is 37.2 Å². The molecule has 0 saturated carbocycles. The van der Waals surface area contributed by atoms with Crippen molar-refractivity contribution in [2.75, 3.05) is 38.2 Å². The summed E-state index contributed by atoms with van der Waals surface area (Å²) in [7, 11) is 1.58. The van der Waals surface area contributed by atoms with Gasteiger partial charge >= 0.3 is 6.01 Å². The first-order chi connectivity index (χ1) is 13.0. The van der Waals surface area contributed by atoms with E-state index in [9.17, 15) is 0 Å². The normalized spacial score (nSPS) is 18.7. The van der Waals surface area contributed by atoms with Crippen LogP contribution in [0.1, 0.15) is 37.9 Å². The fourth-order valence-electron chi connectivity index (χ4n) is 3.38. The van der Waals surface area contributed by atoms with E-state index in [2.05, 4.69) is 46.7 Å². The molecular weight excluding hydrogens is 342 g/mol. The van der Waals surface area contributed by atoms with E-state index in [0.717, 1.165) is 44.1 Å². The van der Waals surface area contributed by atoms with Gasteiger partial charge in [0, 0.05) is 31.7 Å². The van der Waals surface area contributed by atoms with Gasteiger partial charge in [-0.1, -0.05) is 26.8 Å². The van der Waals surface area contributed by atoms with Crippen molar-refractivity contribution in [3.63, 3.8) is 0 Å². The third-order valence-corrected chi connectivity index (χ3v) is 4.56. The van der Waals surface area contributed by atoms with Gasteiger partial charge in [0.2, 0.25) is 0 Å². The van der Waals surface area contributed by atoms with E-state index in [-0.39, 0.29) is 6.04 Å². The Balaban J connectivity index is 0.000000817. The molecule has 1 fully saturated rings. The van der Waals surface area contributed by atoms with Gasteiger partial charge in [0.25, 0.3) is 0 Å². The van der Waals surface area contributed by atoms with Crippen LogP contribution >= 0.6 is 0 Å². The van der Waals surface area contributed by atoms with Crippen molar-refractivity contribution >= 4 is 5.82 Å². The van der Waals surface area contributed by atoms with Crippen LogP contribution in [0, 0.1) is 11.3 Å². The first-order valence-corrected chi connectivity index (χ1v) is 9.53. The van der Waals surface area contributed by atoms with Crippen molar-refractivity contribution < 1.29 is 4.74 Å². The predicted molar refractivity (Wildman–Crippen MR) is 106 cm³/mol. The number of nitrogens with zero attached hydrogens (tertiary/aromatic N) is 5. The number of piperazine rings is 1. The SMILES string of the molecule is C=C(N)N1CCN(c2nc(OC)nc3c2CCNC3)CC1CC#N.CCC. The molecule has 3 rings (SSSR count). The lowest BCUT2D eigenvalue weighted by Gasteiger charge is -2.43. The van der Waals surface area contributed by atoms with E-state index < -0.39 is 0 Å². The molecule has 1 aromatic heterocycles. The molecule has 0 bridgehead atoms. The van der Waals surface area contributed by atoms with E-state index in [0.29, 0.717) is 24.8 Å². The molecule has 3 heterocycles. The minimum absolute atomic E-state index is 0.0135. The molecule has 8 heteroatoms. The smallest absolute Gasteiger partial charge is 0.318 e. The summed E-state index contributed by atoms with van der Waals surface area (Å²) in [5.41, 5.74) is 8.04. The lowest BCUT2D eigenvalue weighted by atomic mass is 10.0. The third-order valence-electron chi connectivity index (χ3n) is 4.56. The van der Waals surface area contributed by atoms with Crippen molar-refractivity contribution in [3.05, 3.63) is 23.7 Å². The average Bonchev–Trinajstić information content (AvgIpc) is 2.67. The number of fused-ring (bicyclic) bond motifs is 1. The Morgan fingerprint density at radius 1 is 1.41 bits per heavy atom. The van der Waals surface area contributed by atoms with E-state index in [1.807, 2.05) is 4.90 Å². The highest BCUT2D eigenvalue weighted by atomic mass is 16.5. The van der Waals surface area contributed by atoms with Crippen LogP contribution in [0.3, 0.4) is 0 Å². The Hall–Kier alpha value is -2.53. The van der Waals surface area contributed by atoms with Crippen LogP contribution in [0.15, 0.2) is 12.4 Å². The van der Waals surface area contributed by atoms with Gasteiger partial charge in [-0.05, 0) is 13.0 Å². The average molecular weight is 374 g/mol. The lowest BCUT2D eigenvalue weighted by molar-refractivity contribution is 0.227. The van der Waals surface area contributed by atoms with Crippen molar-refractivity contribution in [3.8, 4) is 12.1 Å². The second-order valence-corrected chi connectivity index (χ2v) is 6.74. The molecule has 0 aromatic carbocycles. The first kappa shape index (κ1) is 20.8. The maximum absolute atomic E-state index is 9.13. The van der Waals surface area contributed by atoms with E-state index >= 15 is 0 Å². The van der Waals surface area contributed by atoms with Crippen LogP contribution < -0.4 is 20.7 Å². The maximum Gasteiger partial charge on any atom is 0.318 e. The molecule has 0 spiro atoms. The molecule has 2 aliphatic heterocycles. The number of aromatic nitrogens is 2. The molecule has 1 atom stereocenters. The number of ether oxygens (including phenoxy) is 1. The number of rotatable bonds is 4. The molecule has 3 N–H and O–H groups in total. The summed E-state index contributed by atoms with van der Waals surface area (Å²) >= 11 is 0. The van der Waals surface area contributed by atoms with E-state index in [4.69, 9.17) is 15.7 Å². The summed E-state index contributed by atoms with van der Waals surface area (Å²) in [4.78, 5) is 13.3. The molecule has 1 saturated heterocycles. The molecule has 1 aromatic rings. The number of nitriles is 1. The fourth-order valence-corrected chi connectivity index (χ4v) is 3.38. The molecule has 27 heavy (non-hydrogen) atoms. The summed E-state index contributed by atoms with van der Waals surface area (Å²) in [6.07, 6.45) is 2.54. The summed E-state index contributed by atoms with van der Waals surface area (Å²) < 4.78 is 5.27. The monoisotopic (exact) mass is 373 g/mol. The van der Waals surface area contributed by atoms with Crippen LogP contribution in [0.5, 0.6) is 6.01 Å². The van der Waals surface area contributed by atoms with Gasteiger partial charge in [-0.2, -0.15) is 15.2 Å². The molecule has 0 aliphatic carbocycles. The Morgan fingerprint density at radius 2 is 2.15 bits per heavy atom. The second kappa shape index (κ2) is 9.97. The molecular formula is C19H31N7O. The molecule has 8 nitrogen and oxygen atoms in total. The van der Waals surface area contributed by atoms with Crippen LogP contribution in [0.25, 0.3) is 0 Å². The Kier molecular flexibility index (Phi) is 7.67. The molecule has 148 valence electrons. The highest BCUT2D eigenvalue weighted by Crippen LogP contribution is 2.28. The number of nitrogens with two attached hydrogens (primary N) is 1. The third kappa shape index (κ3) is 5.01. The standard InChI is InChI=1S/C16H23N7O.C3H8/c1-11(18)23-8-7-22(10-12(23)3-5-17)15-13-4-6-19-9-14(13)20-16(21-15)24-2;1-3-2/h12,19H,1,3-4,6-10,18H2,2H3;3H2,1-2H3. The maximum atomic E-state index is 9.13. The number of hydrogen-bond donors (Lipinski definition) is 2. The zero-order valence-electron chi connectivity index (χ0n) is 16.7. The van der Waals surface area contributed by atoms with Gasteiger partial charge in [-0.25, -0.2) is 0 Å². The molecule has 2 aliphatic rings. The largest absolute Gasteiger partial charge is 0.467 e. The predicted octanol–water partition coefficient (Wildman–Crippen LogP) is 1.38. The zero-order valence-corrected chi connectivity index (χ0v) is 16.7. The second-order valence-electron chi connectivity index (χ2n) is 6.74. The topological polar surface area (TPSA) is 103 Å². The highest BCUT2D eigenvalue weighted by Gasteiger charge is 2.30. The molecule has 0 radical (unpaired) electrons. The molecule has 0 amide bonds. The summed E-state index contributed by atoms with van der Waals surface area (Å²) in [5.74, 6) is 1.44. The van der Waals surface area contributed by atoms with Crippen LogP contribution in [-0.4, -0.2) is 54.2 Å². The van der Waals surface area contributed by atoms with Gasteiger partial charge < -0.3 is 25.6 Å². The number of hydrogen-bond acceptors (Lipinski definition) is 8. The quantitative estimate of drug-likeness (QED) is 0.816. The van der Waals surface area contributed by atoms with Gasteiger partial charge in [-0.15, -0.1) is 0 Å². The van der Waals surface area contributed by atoms with Crippen LogP contribution in [0.2, 0.25) is 0 Å². The fraction of sp³-hybridized carbons (Fsp3) is 0.632. The first-order valence-electron chi connectivity index (χ1n) is 9.53. The van der Waals surface area contributed by atoms with Crippen molar-refractivity contribution in [2.24, 2.45) is 5.73 Å². The van der Waals surface area contributed by atoms with Crippen molar-refractivity contribution in [2.45, 2.75) is 45.7 Å². The molecule has 1 unspecified atom stereocenters. The van der Waals surface area contributed by atoms with Gasteiger partial charge in [0.15, 0.2) is 0 Å². The zero-order chi connectivity index (χ0) is 19.8. The summed E-state index contributed by atoms with van der Waals surface area (Å²) in [6, 6.07) is 2.64. The van der Waals surface area contributed by atoms with E-state index in [1.165, 1.54) is 12.0 Å². The Bertz CT molecular complexity index is 685. The lowest BCUT2D eigenvalue weighted by Crippen LogP contribution is -2.54. The van der Waals surface area contributed by atoms with Gasteiger partial charge in [0.1, 0.15) is 5.82 Å². The minimum Gasteiger partial charge on any atom is -0.467 e. The van der Waals surface area contributed by atoms with Crippen LogP contribution in [0.4, 0.5) is 5.82 Å². The van der Waals surface area contributed by atoms with Crippen molar-refractivity contribution in [1.29, 1.82) is 5.26 Å². The number of methoxy groups -OCH3 is 1. The minimum atomic E-state index is 0.0135. The number of nitrogens with one attached hydrogen (secondary N) is 1. The van der Waals surface area contributed by atoms with Crippen molar-refractivity contribution in [1.82, 2.24) is 20.2 Å². The summed E-state index contributed by atoms with van der Waals surface area (Å²) in [5, 5.41) is 12.5. The van der Waals surface area contributed by atoms with Gasteiger partial charge in [-0.3, -0.25) is 0 Å². The Labute approximate surface area is 162 Å². The highest BCUT2D eigenvalue weighted by molar-refractivity contribution is 5.52. The summed E-state index contributed by atoms with van der Waals surface area (Å²) in [6.45, 7) is 11.9. The van der Waals surface area contributed by atoms with Crippen LogP contribution in [-0.2, 0) is 13.0 Å². The Morgan fingerprint density at radius 3 is 2.78 bits per heavy atom.